The minimum Gasteiger partial charge on any atom is -0.497 e. The maximum Gasteiger partial charge on any atom is 0.118 e. The van der Waals surface area contributed by atoms with Gasteiger partial charge in [-0.1, -0.05) is 34.1 Å². The summed E-state index contributed by atoms with van der Waals surface area (Å²) in [7, 11) is 1.70. The Morgan fingerprint density at radius 1 is 1.08 bits per heavy atom. The van der Waals surface area contributed by atoms with Gasteiger partial charge in [0, 0.05) is 9.37 Å². The molecule has 4 rings (SSSR count). The molecule has 0 radical (unpaired) electrons. The molecule has 0 bridgehead atoms. The lowest BCUT2D eigenvalue weighted by molar-refractivity contribution is 0.414. The molecule has 0 saturated carbocycles. The summed E-state index contributed by atoms with van der Waals surface area (Å²) in [4.78, 5) is 2.48. The van der Waals surface area contributed by atoms with Gasteiger partial charge in [0.25, 0.3) is 0 Å². The number of rotatable bonds is 3. The number of benzene rings is 2. The molecule has 3 aromatic rings. The third kappa shape index (κ3) is 3.64. The molecular weight excluding hydrogens is 414 g/mol. The second kappa shape index (κ2) is 7.28. The number of hydrogen-bond donors (Lipinski definition) is 1. The number of fused-ring (bicyclic) bond motifs is 1. The van der Waals surface area contributed by atoms with Gasteiger partial charge in [0.2, 0.25) is 0 Å². The monoisotopic (exact) mass is 429 g/mol. The minimum absolute atomic E-state index is 0.228. The van der Waals surface area contributed by atoms with Gasteiger partial charge >= 0.3 is 0 Å². The van der Waals surface area contributed by atoms with Crippen LogP contribution in [0.15, 0.2) is 75.4 Å². The zero-order chi connectivity index (χ0) is 17.2. The first-order valence-corrected chi connectivity index (χ1v) is 10.4. The Morgan fingerprint density at radius 3 is 2.64 bits per heavy atom. The third-order valence-corrected chi connectivity index (χ3v) is 6.67. The van der Waals surface area contributed by atoms with Crippen LogP contribution < -0.4 is 10.1 Å². The molecule has 2 nitrogen and oxygen atoms in total. The molecule has 1 aliphatic rings. The first kappa shape index (κ1) is 16.8. The molecule has 1 aliphatic heterocycles. The van der Waals surface area contributed by atoms with E-state index in [0.717, 1.165) is 21.6 Å². The molecule has 0 aliphatic carbocycles. The summed E-state index contributed by atoms with van der Waals surface area (Å²) < 4.78 is 6.39. The van der Waals surface area contributed by atoms with Gasteiger partial charge in [0.15, 0.2) is 0 Å². The van der Waals surface area contributed by atoms with Crippen LogP contribution in [-0.4, -0.2) is 7.11 Å². The SMILES string of the molecule is COc1ccc(C2C=C(c3cccs3)Nc3ccc(Br)cc3S2)cc1. The smallest absolute Gasteiger partial charge is 0.118 e. The number of methoxy groups -OCH3 is 1. The lowest BCUT2D eigenvalue weighted by Gasteiger charge is -2.13. The topological polar surface area (TPSA) is 21.3 Å². The molecule has 25 heavy (non-hydrogen) atoms. The number of halogens is 1. The van der Waals surface area contributed by atoms with Gasteiger partial charge in [0.1, 0.15) is 5.75 Å². The Balaban J connectivity index is 1.78. The van der Waals surface area contributed by atoms with Gasteiger partial charge in [-0.3, -0.25) is 0 Å². The highest BCUT2D eigenvalue weighted by Gasteiger charge is 2.20. The molecule has 1 aromatic heterocycles. The van der Waals surface area contributed by atoms with Crippen LogP contribution in [0.4, 0.5) is 5.69 Å². The summed E-state index contributed by atoms with van der Waals surface area (Å²) in [5.41, 5.74) is 3.56. The van der Waals surface area contributed by atoms with Crippen molar-refractivity contribution in [1.29, 1.82) is 0 Å². The molecular formula is C20H16BrNOS2. The highest BCUT2D eigenvalue weighted by atomic mass is 79.9. The van der Waals surface area contributed by atoms with Gasteiger partial charge in [-0.2, -0.15) is 0 Å². The molecule has 2 aromatic carbocycles. The molecule has 5 heteroatoms. The van der Waals surface area contributed by atoms with Crippen LogP contribution in [0.2, 0.25) is 0 Å². The van der Waals surface area contributed by atoms with E-state index in [-0.39, 0.29) is 5.25 Å². The average molecular weight is 430 g/mol. The number of thioether (sulfide) groups is 1. The van der Waals surface area contributed by atoms with Crippen LogP contribution in [0.25, 0.3) is 5.70 Å². The number of anilines is 1. The van der Waals surface area contributed by atoms with Crippen molar-refractivity contribution in [2.75, 3.05) is 12.4 Å². The molecule has 0 spiro atoms. The molecule has 1 atom stereocenters. The van der Waals surface area contributed by atoms with E-state index < -0.39 is 0 Å². The largest absolute Gasteiger partial charge is 0.497 e. The maximum absolute atomic E-state index is 5.29. The zero-order valence-corrected chi connectivity index (χ0v) is 16.7. The number of ether oxygens (including phenoxy) is 1. The van der Waals surface area contributed by atoms with Crippen LogP contribution in [0, 0.1) is 0 Å². The lowest BCUT2D eigenvalue weighted by Crippen LogP contribution is -1.97. The van der Waals surface area contributed by atoms with Crippen LogP contribution >= 0.6 is 39.0 Å². The quantitative estimate of drug-likeness (QED) is 0.493. The average Bonchev–Trinajstić information content (AvgIpc) is 3.10. The summed E-state index contributed by atoms with van der Waals surface area (Å²) in [5, 5.41) is 5.96. The van der Waals surface area contributed by atoms with E-state index >= 15 is 0 Å². The van der Waals surface area contributed by atoms with Crippen LogP contribution in [0.5, 0.6) is 5.75 Å². The second-order valence-electron chi connectivity index (χ2n) is 5.63. The molecule has 1 N–H and O–H groups in total. The van der Waals surface area contributed by atoms with Gasteiger partial charge in [-0.25, -0.2) is 0 Å². The number of nitrogens with one attached hydrogen (secondary N) is 1. The van der Waals surface area contributed by atoms with E-state index in [2.05, 4.69) is 75.2 Å². The van der Waals surface area contributed by atoms with E-state index in [9.17, 15) is 0 Å². The van der Waals surface area contributed by atoms with E-state index in [1.54, 1.807) is 18.4 Å². The standard InChI is InChI=1S/C20H16BrNOS2/c1-23-15-7-4-13(5-8-15)19-12-17(18-3-2-10-24-18)22-16-9-6-14(21)11-20(16)25-19/h2-12,19,22H,1H3. The summed E-state index contributed by atoms with van der Waals surface area (Å²) >= 11 is 7.20. The van der Waals surface area contributed by atoms with Crippen LogP contribution in [0.3, 0.4) is 0 Å². The molecule has 0 fully saturated rings. The van der Waals surface area contributed by atoms with Gasteiger partial charge in [0.05, 0.1) is 28.6 Å². The lowest BCUT2D eigenvalue weighted by atomic mass is 10.1. The van der Waals surface area contributed by atoms with E-state index in [1.807, 2.05) is 23.9 Å². The summed E-state index contributed by atoms with van der Waals surface area (Å²) in [5.74, 6) is 0.881. The van der Waals surface area contributed by atoms with Crippen molar-refractivity contribution in [1.82, 2.24) is 0 Å². The molecule has 0 saturated heterocycles. The van der Waals surface area contributed by atoms with Crippen molar-refractivity contribution in [3.8, 4) is 5.75 Å². The highest BCUT2D eigenvalue weighted by Crippen LogP contribution is 2.46. The third-order valence-electron chi connectivity index (χ3n) is 4.02. The predicted molar refractivity (Wildman–Crippen MR) is 112 cm³/mol. The van der Waals surface area contributed by atoms with E-state index in [4.69, 9.17) is 4.74 Å². The second-order valence-corrected chi connectivity index (χ2v) is 8.68. The fraction of sp³-hybridized carbons (Fsp3) is 0.100. The van der Waals surface area contributed by atoms with Crippen molar-refractivity contribution in [3.05, 3.63) is 81.0 Å². The van der Waals surface area contributed by atoms with Gasteiger partial charge < -0.3 is 10.1 Å². The Bertz CT molecular complexity index is 904. The van der Waals surface area contributed by atoms with Crippen molar-refractivity contribution in [2.24, 2.45) is 0 Å². The maximum atomic E-state index is 5.29. The Hall–Kier alpha value is -1.69. The fourth-order valence-corrected chi connectivity index (χ4v) is 5.17. The first-order chi connectivity index (χ1) is 12.2. The minimum atomic E-state index is 0.228. The van der Waals surface area contributed by atoms with Crippen molar-refractivity contribution in [3.63, 3.8) is 0 Å². The van der Waals surface area contributed by atoms with E-state index in [0.29, 0.717) is 0 Å². The number of thiophene rings is 1. The normalized spacial score (nSPS) is 16.4. The van der Waals surface area contributed by atoms with Crippen molar-refractivity contribution in [2.45, 2.75) is 10.1 Å². The van der Waals surface area contributed by atoms with Crippen molar-refractivity contribution >= 4 is 50.4 Å². The Morgan fingerprint density at radius 2 is 1.92 bits per heavy atom. The van der Waals surface area contributed by atoms with Gasteiger partial charge in [-0.05, 0) is 53.4 Å². The number of hydrogen-bond acceptors (Lipinski definition) is 4. The highest BCUT2D eigenvalue weighted by molar-refractivity contribution is 9.10. The summed E-state index contributed by atoms with van der Waals surface area (Å²) in [6.07, 6.45) is 2.31. The predicted octanol–water partition coefficient (Wildman–Crippen LogP) is 6.82. The molecule has 0 amide bonds. The molecule has 126 valence electrons. The molecule has 1 unspecified atom stereocenters. The fourth-order valence-electron chi connectivity index (χ4n) is 2.74. The Kier molecular flexibility index (Phi) is 4.88. The summed E-state index contributed by atoms with van der Waals surface area (Å²) in [6.45, 7) is 0. The summed E-state index contributed by atoms with van der Waals surface area (Å²) in [6, 6.07) is 19.0. The first-order valence-electron chi connectivity index (χ1n) is 7.86. The van der Waals surface area contributed by atoms with Crippen LogP contribution in [0.1, 0.15) is 15.7 Å². The van der Waals surface area contributed by atoms with Crippen molar-refractivity contribution < 1.29 is 4.74 Å². The molecule has 2 heterocycles. The Labute approximate surface area is 164 Å². The van der Waals surface area contributed by atoms with Gasteiger partial charge in [-0.15, -0.1) is 23.1 Å². The van der Waals surface area contributed by atoms with E-state index in [1.165, 1.54) is 15.3 Å². The zero-order valence-electron chi connectivity index (χ0n) is 13.5. The van der Waals surface area contributed by atoms with Crippen LogP contribution in [-0.2, 0) is 0 Å².